The minimum absolute atomic E-state index is 0.142. The average Bonchev–Trinajstić information content (AvgIpc) is 2.69. The maximum absolute atomic E-state index is 12.6. The molecule has 0 bridgehead atoms. The van der Waals surface area contributed by atoms with Gasteiger partial charge in [-0.2, -0.15) is 0 Å². The fraction of sp³-hybridized carbons (Fsp3) is 0.136. The van der Waals surface area contributed by atoms with Crippen LogP contribution in [0.1, 0.15) is 37.5 Å². The van der Waals surface area contributed by atoms with Crippen molar-refractivity contribution in [1.82, 2.24) is 10.3 Å². The molecule has 0 aliphatic heterocycles. The number of amides is 2. The SMILES string of the molecule is Cc1cc(C)c(NC(=O)c2cc(C(=O)NCc3ccccc3)ccn2)c(Cl)c1. The highest BCUT2D eigenvalue weighted by Crippen LogP contribution is 2.27. The Labute approximate surface area is 168 Å². The minimum Gasteiger partial charge on any atom is -0.348 e. The van der Waals surface area contributed by atoms with Crippen molar-refractivity contribution in [2.75, 3.05) is 5.32 Å². The van der Waals surface area contributed by atoms with Gasteiger partial charge in [-0.15, -0.1) is 0 Å². The van der Waals surface area contributed by atoms with Crippen molar-refractivity contribution in [3.05, 3.63) is 93.8 Å². The van der Waals surface area contributed by atoms with E-state index in [1.807, 2.05) is 50.2 Å². The van der Waals surface area contributed by atoms with Crippen LogP contribution in [-0.2, 0) is 6.54 Å². The van der Waals surface area contributed by atoms with Crippen molar-refractivity contribution in [2.24, 2.45) is 0 Å². The van der Waals surface area contributed by atoms with E-state index < -0.39 is 5.91 Å². The first kappa shape index (κ1) is 19.6. The van der Waals surface area contributed by atoms with Crippen LogP contribution in [0.25, 0.3) is 0 Å². The number of rotatable bonds is 5. The van der Waals surface area contributed by atoms with E-state index in [0.29, 0.717) is 22.8 Å². The Bertz CT molecular complexity index is 996. The summed E-state index contributed by atoms with van der Waals surface area (Å²) in [5.74, 6) is -0.698. The highest BCUT2D eigenvalue weighted by Gasteiger charge is 2.15. The summed E-state index contributed by atoms with van der Waals surface area (Å²) in [5.41, 5.74) is 3.90. The number of aryl methyl sites for hydroxylation is 2. The fourth-order valence-corrected chi connectivity index (χ4v) is 3.20. The number of carbonyl (C=O) groups is 2. The number of aromatic nitrogens is 1. The molecule has 6 heteroatoms. The summed E-state index contributed by atoms with van der Waals surface area (Å²) < 4.78 is 0. The Morgan fingerprint density at radius 1 is 1.00 bits per heavy atom. The van der Waals surface area contributed by atoms with Crippen molar-refractivity contribution >= 4 is 29.1 Å². The Balaban J connectivity index is 1.72. The number of pyridine rings is 1. The zero-order valence-electron chi connectivity index (χ0n) is 15.6. The van der Waals surface area contributed by atoms with E-state index in [1.165, 1.54) is 12.3 Å². The Hall–Kier alpha value is -3.18. The van der Waals surface area contributed by atoms with Crippen LogP contribution in [0, 0.1) is 13.8 Å². The lowest BCUT2D eigenvalue weighted by atomic mass is 10.1. The molecule has 2 N–H and O–H groups in total. The van der Waals surface area contributed by atoms with Crippen molar-refractivity contribution in [3.8, 4) is 0 Å². The summed E-state index contributed by atoms with van der Waals surface area (Å²) in [6, 6.07) is 16.4. The highest BCUT2D eigenvalue weighted by molar-refractivity contribution is 6.34. The maximum atomic E-state index is 12.6. The molecule has 0 aliphatic rings. The highest BCUT2D eigenvalue weighted by atomic mass is 35.5. The Morgan fingerprint density at radius 2 is 1.75 bits per heavy atom. The number of carbonyl (C=O) groups excluding carboxylic acids is 2. The summed E-state index contributed by atoms with van der Waals surface area (Å²) in [6.45, 7) is 4.21. The molecule has 0 saturated heterocycles. The van der Waals surface area contributed by atoms with Gasteiger partial charge in [0.1, 0.15) is 5.69 Å². The van der Waals surface area contributed by atoms with Crippen LogP contribution in [0.4, 0.5) is 5.69 Å². The summed E-state index contributed by atoms with van der Waals surface area (Å²) in [5, 5.41) is 6.08. The quantitative estimate of drug-likeness (QED) is 0.668. The first-order valence-electron chi connectivity index (χ1n) is 8.80. The molecule has 0 saturated carbocycles. The first-order valence-corrected chi connectivity index (χ1v) is 9.18. The zero-order chi connectivity index (χ0) is 20.1. The standard InChI is InChI=1S/C22H20ClN3O2/c1-14-10-15(2)20(18(23)11-14)26-22(28)19-12-17(8-9-24-19)21(27)25-13-16-6-4-3-5-7-16/h3-12H,13H2,1-2H3,(H,25,27)(H,26,28). The number of anilines is 1. The molecule has 0 atom stereocenters. The molecule has 142 valence electrons. The second kappa shape index (κ2) is 8.67. The van der Waals surface area contributed by atoms with Gasteiger partial charge in [-0.3, -0.25) is 14.6 Å². The predicted molar refractivity (Wildman–Crippen MR) is 111 cm³/mol. The summed E-state index contributed by atoms with van der Waals surface area (Å²) in [7, 11) is 0. The van der Waals surface area contributed by atoms with E-state index in [2.05, 4.69) is 15.6 Å². The van der Waals surface area contributed by atoms with Gasteiger partial charge in [-0.05, 0) is 48.7 Å². The van der Waals surface area contributed by atoms with Crippen LogP contribution in [-0.4, -0.2) is 16.8 Å². The number of hydrogen-bond acceptors (Lipinski definition) is 3. The summed E-state index contributed by atoms with van der Waals surface area (Å²) >= 11 is 6.25. The molecule has 28 heavy (non-hydrogen) atoms. The van der Waals surface area contributed by atoms with Crippen LogP contribution in [0.5, 0.6) is 0 Å². The smallest absolute Gasteiger partial charge is 0.274 e. The molecule has 0 aliphatic carbocycles. The van der Waals surface area contributed by atoms with Crippen molar-refractivity contribution in [2.45, 2.75) is 20.4 Å². The molecular weight excluding hydrogens is 374 g/mol. The molecule has 2 amide bonds. The second-order valence-corrected chi connectivity index (χ2v) is 6.90. The average molecular weight is 394 g/mol. The molecule has 1 aromatic heterocycles. The monoisotopic (exact) mass is 393 g/mol. The lowest BCUT2D eigenvalue weighted by Crippen LogP contribution is -2.23. The Kier molecular flexibility index (Phi) is 6.06. The molecular formula is C22H20ClN3O2. The van der Waals surface area contributed by atoms with Gasteiger partial charge >= 0.3 is 0 Å². The zero-order valence-corrected chi connectivity index (χ0v) is 16.4. The van der Waals surface area contributed by atoms with Crippen LogP contribution in [0.2, 0.25) is 5.02 Å². The molecule has 0 spiro atoms. The van der Waals surface area contributed by atoms with Crippen molar-refractivity contribution < 1.29 is 9.59 Å². The van der Waals surface area contributed by atoms with Crippen molar-refractivity contribution in [3.63, 3.8) is 0 Å². The third-order valence-electron chi connectivity index (χ3n) is 4.22. The fourth-order valence-electron chi connectivity index (χ4n) is 2.83. The van der Waals surface area contributed by atoms with Gasteiger partial charge in [0.25, 0.3) is 11.8 Å². The van der Waals surface area contributed by atoms with Crippen LogP contribution in [0.3, 0.4) is 0 Å². The Morgan fingerprint density at radius 3 is 2.46 bits per heavy atom. The number of benzene rings is 2. The van der Waals surface area contributed by atoms with Gasteiger partial charge < -0.3 is 10.6 Å². The third kappa shape index (κ3) is 4.75. The topological polar surface area (TPSA) is 71.1 Å². The minimum atomic E-state index is -0.424. The van der Waals surface area contributed by atoms with Crippen LogP contribution >= 0.6 is 11.6 Å². The number of hydrogen-bond donors (Lipinski definition) is 2. The number of nitrogens with one attached hydrogen (secondary N) is 2. The van der Waals surface area contributed by atoms with Gasteiger partial charge in [0, 0.05) is 18.3 Å². The first-order chi connectivity index (χ1) is 13.4. The van der Waals surface area contributed by atoms with Gasteiger partial charge in [0.05, 0.1) is 10.7 Å². The molecule has 5 nitrogen and oxygen atoms in total. The summed E-state index contributed by atoms with van der Waals surface area (Å²) in [4.78, 5) is 29.1. The van der Waals surface area contributed by atoms with Gasteiger partial charge in [0.15, 0.2) is 0 Å². The summed E-state index contributed by atoms with van der Waals surface area (Å²) in [6.07, 6.45) is 1.44. The van der Waals surface area contributed by atoms with Gasteiger partial charge in [-0.25, -0.2) is 0 Å². The lowest BCUT2D eigenvalue weighted by Gasteiger charge is -2.12. The normalized spacial score (nSPS) is 10.4. The second-order valence-electron chi connectivity index (χ2n) is 6.49. The van der Waals surface area contributed by atoms with E-state index in [9.17, 15) is 9.59 Å². The number of nitrogens with zero attached hydrogens (tertiary/aromatic N) is 1. The van der Waals surface area contributed by atoms with E-state index in [0.717, 1.165) is 16.7 Å². The van der Waals surface area contributed by atoms with E-state index in [1.54, 1.807) is 12.1 Å². The lowest BCUT2D eigenvalue weighted by molar-refractivity contribution is 0.0951. The molecule has 2 aromatic carbocycles. The molecule has 0 unspecified atom stereocenters. The largest absolute Gasteiger partial charge is 0.348 e. The molecule has 3 rings (SSSR count). The third-order valence-corrected chi connectivity index (χ3v) is 4.52. The molecule has 3 aromatic rings. The van der Waals surface area contributed by atoms with Crippen LogP contribution < -0.4 is 10.6 Å². The van der Waals surface area contributed by atoms with Crippen LogP contribution in [0.15, 0.2) is 60.8 Å². The van der Waals surface area contributed by atoms with Gasteiger partial charge in [0.2, 0.25) is 0 Å². The molecule has 1 heterocycles. The molecule has 0 radical (unpaired) electrons. The van der Waals surface area contributed by atoms with E-state index >= 15 is 0 Å². The van der Waals surface area contributed by atoms with Crippen molar-refractivity contribution in [1.29, 1.82) is 0 Å². The maximum Gasteiger partial charge on any atom is 0.274 e. The van der Waals surface area contributed by atoms with Gasteiger partial charge in [-0.1, -0.05) is 48.0 Å². The van der Waals surface area contributed by atoms with E-state index in [4.69, 9.17) is 11.6 Å². The number of halogens is 1. The molecule has 0 fully saturated rings. The van der Waals surface area contributed by atoms with E-state index in [-0.39, 0.29) is 11.6 Å². The predicted octanol–water partition coefficient (Wildman–Crippen LogP) is 4.53.